The number of benzene rings is 1. The molecule has 2 heterocycles. The number of aromatic nitrogens is 2. The average molecular weight is 253 g/mol. The smallest absolute Gasteiger partial charge is 0.251 e. The van der Waals surface area contributed by atoms with Crippen molar-refractivity contribution in [2.75, 3.05) is 0 Å². The summed E-state index contributed by atoms with van der Waals surface area (Å²) in [6, 6.07) is 9.02. The predicted molar refractivity (Wildman–Crippen MR) is 69.4 cm³/mol. The van der Waals surface area contributed by atoms with E-state index in [0.29, 0.717) is 12.1 Å². The molecule has 0 aliphatic rings. The summed E-state index contributed by atoms with van der Waals surface area (Å²) >= 11 is 0. The van der Waals surface area contributed by atoms with Crippen molar-refractivity contribution in [2.45, 2.75) is 6.54 Å². The number of nitrogens with one attached hydrogen (secondary N) is 1. The molecule has 0 fully saturated rings. The first-order chi connectivity index (χ1) is 9.33. The van der Waals surface area contributed by atoms with Gasteiger partial charge in [0.15, 0.2) is 0 Å². The topological polar surface area (TPSA) is 68.0 Å². The highest BCUT2D eigenvalue weighted by Gasteiger charge is 2.07. The van der Waals surface area contributed by atoms with Gasteiger partial charge in [-0.25, -0.2) is 0 Å². The highest BCUT2D eigenvalue weighted by molar-refractivity contribution is 5.98. The fraction of sp³-hybridized carbons (Fsp3) is 0.0714. The Balaban J connectivity index is 1.77. The largest absolute Gasteiger partial charge is 0.467 e. The van der Waals surface area contributed by atoms with Crippen molar-refractivity contribution in [2.24, 2.45) is 0 Å². The van der Waals surface area contributed by atoms with Crippen LogP contribution >= 0.6 is 0 Å². The van der Waals surface area contributed by atoms with E-state index in [0.717, 1.165) is 16.5 Å². The molecule has 0 atom stereocenters. The average Bonchev–Trinajstić information content (AvgIpc) is 2.97. The predicted octanol–water partition coefficient (Wildman–Crippen LogP) is 2.15. The van der Waals surface area contributed by atoms with Crippen LogP contribution in [-0.4, -0.2) is 16.1 Å². The van der Waals surface area contributed by atoms with Crippen LogP contribution in [0.2, 0.25) is 0 Å². The molecule has 2 aromatic heterocycles. The molecule has 1 amide bonds. The summed E-state index contributed by atoms with van der Waals surface area (Å²) in [5.41, 5.74) is 0.590. The second-order valence-electron chi connectivity index (χ2n) is 4.09. The molecule has 19 heavy (non-hydrogen) atoms. The van der Waals surface area contributed by atoms with Gasteiger partial charge in [0.2, 0.25) is 0 Å². The minimum absolute atomic E-state index is 0.143. The summed E-state index contributed by atoms with van der Waals surface area (Å²) in [5.74, 6) is 0.579. The first-order valence-corrected chi connectivity index (χ1v) is 5.84. The van der Waals surface area contributed by atoms with Crippen molar-refractivity contribution >= 4 is 16.7 Å². The van der Waals surface area contributed by atoms with E-state index >= 15 is 0 Å². The van der Waals surface area contributed by atoms with Crippen LogP contribution in [0.25, 0.3) is 10.8 Å². The Labute approximate surface area is 109 Å². The molecule has 0 saturated heterocycles. The number of fused-ring (bicyclic) bond motifs is 1. The minimum atomic E-state index is -0.143. The fourth-order valence-corrected chi connectivity index (χ4v) is 1.82. The SMILES string of the molecule is O=C(NCc1ccco1)c1ccc2cnncc2c1. The molecule has 0 bridgehead atoms. The number of carbonyl (C=O) groups is 1. The van der Waals surface area contributed by atoms with Gasteiger partial charge in [-0.2, -0.15) is 10.2 Å². The standard InChI is InChI=1S/C14H11N3O2/c18-14(15-9-13-2-1-5-19-13)10-3-4-11-7-16-17-8-12(11)6-10/h1-8H,9H2,(H,15,18). The zero-order valence-electron chi connectivity index (χ0n) is 10.0. The highest BCUT2D eigenvalue weighted by Crippen LogP contribution is 2.13. The van der Waals surface area contributed by atoms with Crippen LogP contribution in [0.4, 0.5) is 0 Å². The first-order valence-electron chi connectivity index (χ1n) is 5.84. The zero-order valence-corrected chi connectivity index (χ0v) is 10.0. The molecule has 0 aliphatic heterocycles. The molecule has 1 aromatic carbocycles. The van der Waals surface area contributed by atoms with Crippen molar-refractivity contribution in [3.05, 3.63) is 60.3 Å². The van der Waals surface area contributed by atoms with E-state index < -0.39 is 0 Å². The van der Waals surface area contributed by atoms with Crippen LogP contribution < -0.4 is 5.32 Å². The molecule has 1 N–H and O–H groups in total. The molecule has 0 aliphatic carbocycles. The molecule has 5 heteroatoms. The number of carbonyl (C=O) groups excluding carboxylic acids is 1. The zero-order chi connectivity index (χ0) is 13.1. The van der Waals surface area contributed by atoms with Gasteiger partial charge in [-0.1, -0.05) is 6.07 Å². The van der Waals surface area contributed by atoms with Crippen LogP contribution in [0.15, 0.2) is 53.4 Å². The number of rotatable bonds is 3. The summed E-state index contributed by atoms with van der Waals surface area (Å²) in [6.45, 7) is 0.373. The fourth-order valence-electron chi connectivity index (χ4n) is 1.82. The lowest BCUT2D eigenvalue weighted by Gasteiger charge is -2.04. The van der Waals surface area contributed by atoms with Crippen molar-refractivity contribution in [3.63, 3.8) is 0 Å². The van der Waals surface area contributed by atoms with E-state index in [-0.39, 0.29) is 5.91 Å². The summed E-state index contributed by atoms with van der Waals surface area (Å²) in [7, 11) is 0. The summed E-state index contributed by atoms with van der Waals surface area (Å²) in [4.78, 5) is 12.0. The van der Waals surface area contributed by atoms with Crippen molar-refractivity contribution in [1.82, 2.24) is 15.5 Å². The lowest BCUT2D eigenvalue weighted by atomic mass is 10.1. The first kappa shape index (κ1) is 11.4. The molecular weight excluding hydrogens is 242 g/mol. The molecule has 0 spiro atoms. The molecule has 94 valence electrons. The summed E-state index contributed by atoms with van der Waals surface area (Å²) in [6.07, 6.45) is 4.88. The third-order valence-corrected chi connectivity index (χ3v) is 2.81. The highest BCUT2D eigenvalue weighted by atomic mass is 16.3. The molecule has 0 unspecified atom stereocenters. The minimum Gasteiger partial charge on any atom is -0.467 e. The maximum atomic E-state index is 12.0. The normalized spacial score (nSPS) is 10.5. The Hall–Kier alpha value is -2.69. The number of nitrogens with zero attached hydrogens (tertiary/aromatic N) is 2. The lowest BCUT2D eigenvalue weighted by Crippen LogP contribution is -2.22. The van der Waals surface area contributed by atoms with Gasteiger partial charge < -0.3 is 9.73 Å². The molecular formula is C14H11N3O2. The van der Waals surface area contributed by atoms with E-state index in [9.17, 15) is 4.79 Å². The second kappa shape index (κ2) is 4.89. The summed E-state index contributed by atoms with van der Waals surface area (Å²) < 4.78 is 5.16. The van der Waals surface area contributed by atoms with Gasteiger partial charge in [-0.3, -0.25) is 4.79 Å². The Morgan fingerprint density at radius 3 is 2.79 bits per heavy atom. The van der Waals surface area contributed by atoms with Crippen molar-refractivity contribution in [1.29, 1.82) is 0 Å². The lowest BCUT2D eigenvalue weighted by molar-refractivity contribution is 0.0948. The van der Waals surface area contributed by atoms with Crippen LogP contribution in [0.1, 0.15) is 16.1 Å². The third-order valence-electron chi connectivity index (χ3n) is 2.81. The van der Waals surface area contributed by atoms with E-state index in [1.165, 1.54) is 0 Å². The molecule has 3 aromatic rings. The van der Waals surface area contributed by atoms with Gasteiger partial charge >= 0.3 is 0 Å². The van der Waals surface area contributed by atoms with E-state index in [4.69, 9.17) is 4.42 Å². The van der Waals surface area contributed by atoms with Gasteiger partial charge in [0.05, 0.1) is 25.2 Å². The van der Waals surface area contributed by atoms with E-state index in [1.54, 1.807) is 36.9 Å². The van der Waals surface area contributed by atoms with Gasteiger partial charge in [0.25, 0.3) is 5.91 Å². The van der Waals surface area contributed by atoms with Crippen LogP contribution in [0.5, 0.6) is 0 Å². The van der Waals surface area contributed by atoms with E-state index in [1.807, 2.05) is 12.1 Å². The molecule has 0 radical (unpaired) electrons. The van der Waals surface area contributed by atoms with E-state index in [2.05, 4.69) is 15.5 Å². The number of hydrogen-bond acceptors (Lipinski definition) is 4. The number of furan rings is 1. The molecule has 0 saturated carbocycles. The second-order valence-corrected chi connectivity index (χ2v) is 4.09. The van der Waals surface area contributed by atoms with Gasteiger partial charge in [0.1, 0.15) is 5.76 Å². The van der Waals surface area contributed by atoms with Crippen LogP contribution in [0.3, 0.4) is 0 Å². The number of hydrogen-bond donors (Lipinski definition) is 1. The Kier molecular flexibility index (Phi) is 2.94. The molecule has 5 nitrogen and oxygen atoms in total. The quantitative estimate of drug-likeness (QED) is 0.776. The Morgan fingerprint density at radius 1 is 1.16 bits per heavy atom. The van der Waals surface area contributed by atoms with Gasteiger partial charge in [-0.05, 0) is 24.3 Å². The van der Waals surface area contributed by atoms with Crippen LogP contribution in [0, 0.1) is 0 Å². The van der Waals surface area contributed by atoms with Crippen LogP contribution in [-0.2, 0) is 6.54 Å². The van der Waals surface area contributed by atoms with Crippen molar-refractivity contribution < 1.29 is 9.21 Å². The van der Waals surface area contributed by atoms with Gasteiger partial charge in [0, 0.05) is 16.3 Å². The maximum Gasteiger partial charge on any atom is 0.251 e. The maximum absolute atomic E-state index is 12.0. The third kappa shape index (κ3) is 2.44. The number of amides is 1. The van der Waals surface area contributed by atoms with Gasteiger partial charge in [-0.15, -0.1) is 0 Å². The Bertz CT molecular complexity index is 708. The molecule has 3 rings (SSSR count). The monoisotopic (exact) mass is 253 g/mol. The Morgan fingerprint density at radius 2 is 2.00 bits per heavy atom. The summed E-state index contributed by atoms with van der Waals surface area (Å²) in [5, 5.41) is 12.2. The van der Waals surface area contributed by atoms with Crippen molar-refractivity contribution in [3.8, 4) is 0 Å².